The van der Waals surface area contributed by atoms with Gasteiger partial charge in [-0.3, -0.25) is 0 Å². The summed E-state index contributed by atoms with van der Waals surface area (Å²) in [6, 6.07) is 89.9. The van der Waals surface area contributed by atoms with Gasteiger partial charge in [0.2, 0.25) is 0 Å². The third-order valence-electron chi connectivity index (χ3n) is 16.8. The standard InChI is InChI=1S/C78H59N3O2/c1-77(2,3)57-33-25-50(26-34-57)63-43-56(76-79-67(54-29-37-61-59-21-13-15-23-71(59)82-73(61)45-54)47-68(80-76)55-30-38-62-60-22-14-16-24-72(60)83-74(62)46-55)44-64(51-27-35-58(36-28-51)78(4,5)6)75(63)81-69-39-31-52(48-17-9-7-10-18-48)41-65(69)66-42-53(32-40-70(66)81)49-19-11-8-12-20-49/h7-47H,1-6H3. The second-order valence-electron chi connectivity index (χ2n) is 24.2. The molecule has 15 rings (SSSR count). The van der Waals surface area contributed by atoms with Gasteiger partial charge in [-0.15, -0.1) is 0 Å². The average Bonchev–Trinajstić information content (AvgIpc) is 3.18. The summed E-state index contributed by atoms with van der Waals surface area (Å²) in [5.41, 5.74) is 22.3. The van der Waals surface area contributed by atoms with Crippen molar-refractivity contribution < 1.29 is 8.83 Å². The highest BCUT2D eigenvalue weighted by molar-refractivity contribution is 6.13. The monoisotopic (exact) mass is 1070 g/mol. The molecule has 0 amide bonds. The molecule has 0 fully saturated rings. The summed E-state index contributed by atoms with van der Waals surface area (Å²) in [5, 5.41) is 6.64. The van der Waals surface area contributed by atoms with E-state index >= 15 is 0 Å². The third-order valence-corrected chi connectivity index (χ3v) is 16.8. The molecule has 5 nitrogen and oxygen atoms in total. The van der Waals surface area contributed by atoms with Crippen molar-refractivity contribution in [2.75, 3.05) is 0 Å². The Labute approximate surface area is 482 Å². The Hall–Kier alpha value is -10.1. The highest BCUT2D eigenvalue weighted by Gasteiger charge is 2.26. The zero-order valence-corrected chi connectivity index (χ0v) is 47.3. The molecule has 0 radical (unpaired) electrons. The molecule has 0 saturated heterocycles. The van der Waals surface area contributed by atoms with Crippen molar-refractivity contribution in [2.45, 2.75) is 52.4 Å². The highest BCUT2D eigenvalue weighted by Crippen LogP contribution is 2.47. The number of hydrogen-bond donors (Lipinski definition) is 0. The number of benzene rings is 11. The van der Waals surface area contributed by atoms with Crippen LogP contribution in [0.5, 0.6) is 0 Å². The van der Waals surface area contributed by atoms with Gasteiger partial charge in [0, 0.05) is 60.1 Å². The molecule has 0 spiro atoms. The van der Waals surface area contributed by atoms with E-state index in [0.717, 1.165) is 111 Å². The molecule has 0 bridgehead atoms. The lowest BCUT2D eigenvalue weighted by molar-refractivity contribution is 0.590. The maximum absolute atomic E-state index is 6.52. The molecule has 0 atom stereocenters. The molecule has 398 valence electrons. The van der Waals surface area contributed by atoms with Crippen molar-refractivity contribution in [3.05, 3.63) is 260 Å². The van der Waals surface area contributed by atoms with Crippen LogP contribution < -0.4 is 0 Å². The molecule has 0 aliphatic rings. The predicted octanol–water partition coefficient (Wildman–Crippen LogP) is 21.6. The van der Waals surface area contributed by atoms with Crippen LogP contribution in [0.15, 0.2) is 258 Å². The molecular formula is C78H59N3O2. The first-order valence-corrected chi connectivity index (χ1v) is 28.7. The molecule has 11 aromatic carbocycles. The first-order valence-electron chi connectivity index (χ1n) is 28.7. The lowest BCUT2D eigenvalue weighted by Crippen LogP contribution is -2.10. The van der Waals surface area contributed by atoms with Crippen LogP contribution in [0, 0.1) is 0 Å². The van der Waals surface area contributed by atoms with Gasteiger partial charge in [-0.05, 0) is 134 Å². The number of para-hydroxylation sites is 2. The minimum absolute atomic E-state index is 0.0512. The highest BCUT2D eigenvalue weighted by atomic mass is 16.3. The Morgan fingerprint density at radius 3 is 1.11 bits per heavy atom. The maximum Gasteiger partial charge on any atom is 0.160 e. The van der Waals surface area contributed by atoms with Crippen LogP contribution in [0.1, 0.15) is 52.7 Å². The summed E-state index contributed by atoms with van der Waals surface area (Å²) < 4.78 is 15.6. The molecule has 0 aliphatic heterocycles. The fourth-order valence-corrected chi connectivity index (χ4v) is 12.3. The topological polar surface area (TPSA) is 57.0 Å². The zero-order valence-electron chi connectivity index (χ0n) is 47.3. The van der Waals surface area contributed by atoms with Gasteiger partial charge in [0.1, 0.15) is 22.3 Å². The Bertz CT molecular complexity index is 4700. The largest absolute Gasteiger partial charge is 0.456 e. The molecule has 0 N–H and O–H groups in total. The van der Waals surface area contributed by atoms with Crippen LogP contribution in [0.3, 0.4) is 0 Å². The number of rotatable bonds is 8. The number of nitrogens with zero attached hydrogens (tertiary/aromatic N) is 3. The maximum atomic E-state index is 6.52. The number of hydrogen-bond acceptors (Lipinski definition) is 4. The van der Waals surface area contributed by atoms with E-state index in [9.17, 15) is 0 Å². The van der Waals surface area contributed by atoms with Crippen molar-refractivity contribution in [3.8, 4) is 84.1 Å². The molecule has 4 aromatic heterocycles. The summed E-state index contributed by atoms with van der Waals surface area (Å²) in [7, 11) is 0. The SMILES string of the molecule is CC(C)(C)c1ccc(-c2cc(-c3nc(-c4ccc5c(c4)oc4ccccc45)cc(-c4ccc5c(c4)oc4ccccc45)n3)cc(-c3ccc(C(C)(C)C)cc3)c2-n2c3ccc(-c4ccccc4)cc3c3cc(-c4ccccc4)ccc32)cc1. The summed E-state index contributed by atoms with van der Waals surface area (Å²) >= 11 is 0. The van der Waals surface area contributed by atoms with E-state index < -0.39 is 0 Å². The number of aromatic nitrogens is 3. The second-order valence-corrected chi connectivity index (χ2v) is 24.2. The van der Waals surface area contributed by atoms with Crippen molar-refractivity contribution in [3.63, 3.8) is 0 Å². The molecule has 0 unspecified atom stereocenters. The Morgan fingerprint density at radius 2 is 0.675 bits per heavy atom. The van der Waals surface area contributed by atoms with E-state index in [-0.39, 0.29) is 10.8 Å². The summed E-state index contributed by atoms with van der Waals surface area (Å²) in [6.07, 6.45) is 0. The molecule has 0 saturated carbocycles. The van der Waals surface area contributed by atoms with E-state index in [4.69, 9.17) is 18.8 Å². The third kappa shape index (κ3) is 8.79. The normalized spacial score (nSPS) is 12.2. The van der Waals surface area contributed by atoms with Crippen LogP contribution in [0.25, 0.3) is 150 Å². The molecule has 15 aromatic rings. The number of furan rings is 2. The second kappa shape index (κ2) is 19.3. The minimum Gasteiger partial charge on any atom is -0.456 e. The van der Waals surface area contributed by atoms with Crippen LogP contribution in [0.2, 0.25) is 0 Å². The Balaban J connectivity index is 1.03. The van der Waals surface area contributed by atoms with Gasteiger partial charge in [0.05, 0.1) is 28.1 Å². The first kappa shape index (κ1) is 49.9. The van der Waals surface area contributed by atoms with Gasteiger partial charge < -0.3 is 13.4 Å². The van der Waals surface area contributed by atoms with Gasteiger partial charge in [-0.1, -0.05) is 211 Å². The van der Waals surface area contributed by atoms with E-state index in [1.807, 2.05) is 24.3 Å². The van der Waals surface area contributed by atoms with Crippen LogP contribution in [-0.2, 0) is 10.8 Å². The van der Waals surface area contributed by atoms with Gasteiger partial charge >= 0.3 is 0 Å². The Kier molecular flexibility index (Phi) is 11.6. The first-order chi connectivity index (χ1) is 40.4. The van der Waals surface area contributed by atoms with E-state index in [1.165, 1.54) is 44.2 Å². The molecule has 0 aliphatic carbocycles. The van der Waals surface area contributed by atoms with Gasteiger partial charge in [0.15, 0.2) is 5.82 Å². The smallest absolute Gasteiger partial charge is 0.160 e. The summed E-state index contributed by atoms with van der Waals surface area (Å²) in [5.74, 6) is 0.598. The quantitative estimate of drug-likeness (QED) is 0.152. The van der Waals surface area contributed by atoms with Gasteiger partial charge in [0.25, 0.3) is 0 Å². The van der Waals surface area contributed by atoms with E-state index in [1.54, 1.807) is 0 Å². The fourth-order valence-electron chi connectivity index (χ4n) is 12.3. The van der Waals surface area contributed by atoms with Gasteiger partial charge in [-0.2, -0.15) is 0 Å². The Morgan fingerprint density at radius 1 is 0.289 bits per heavy atom. The van der Waals surface area contributed by atoms with Crippen molar-refractivity contribution in [2.24, 2.45) is 0 Å². The minimum atomic E-state index is -0.0512. The van der Waals surface area contributed by atoms with Gasteiger partial charge in [-0.25, -0.2) is 9.97 Å². The molecule has 5 heteroatoms. The van der Waals surface area contributed by atoms with Crippen molar-refractivity contribution >= 4 is 65.7 Å². The van der Waals surface area contributed by atoms with Crippen LogP contribution >= 0.6 is 0 Å². The average molecular weight is 1070 g/mol. The lowest BCUT2D eigenvalue weighted by atomic mass is 9.84. The summed E-state index contributed by atoms with van der Waals surface area (Å²) in [4.78, 5) is 11.2. The van der Waals surface area contributed by atoms with Crippen LogP contribution in [0.4, 0.5) is 0 Å². The molecule has 83 heavy (non-hydrogen) atoms. The van der Waals surface area contributed by atoms with Crippen molar-refractivity contribution in [1.29, 1.82) is 0 Å². The summed E-state index contributed by atoms with van der Waals surface area (Å²) in [6.45, 7) is 13.7. The molecule has 4 heterocycles. The number of fused-ring (bicyclic) bond motifs is 9. The van der Waals surface area contributed by atoms with Crippen LogP contribution in [-0.4, -0.2) is 14.5 Å². The lowest BCUT2D eigenvalue weighted by Gasteiger charge is -2.23. The van der Waals surface area contributed by atoms with E-state index in [0.29, 0.717) is 5.82 Å². The molecular weight excluding hydrogens is 1010 g/mol. The zero-order chi connectivity index (χ0) is 56.1. The fraction of sp³-hybridized carbons (Fsp3) is 0.103. The van der Waals surface area contributed by atoms with E-state index in [2.05, 4.69) is 271 Å². The van der Waals surface area contributed by atoms with Crippen molar-refractivity contribution in [1.82, 2.24) is 14.5 Å². The predicted molar refractivity (Wildman–Crippen MR) is 346 cm³/mol.